The van der Waals surface area contributed by atoms with E-state index in [0.29, 0.717) is 23.7 Å². The van der Waals surface area contributed by atoms with Gasteiger partial charge in [0.05, 0.1) is 6.10 Å². The minimum Gasteiger partial charge on any atom is -0.381 e. The molecular weight excluding hydrogens is 174 g/mol. The number of nitrogens with one attached hydrogen (secondary N) is 1. The quantitative estimate of drug-likeness (QED) is 0.730. The number of ether oxygens (including phenoxy) is 1. The standard InChI is InChI=1S/C9H16ClNO/c1-7(10)6-11-8-3-4-9(5-8)12-2/h8-9,11H,1,3-6H2,2H3. The summed E-state index contributed by atoms with van der Waals surface area (Å²) in [5.41, 5.74) is 0. The Hall–Kier alpha value is -0.0500. The van der Waals surface area contributed by atoms with Crippen LogP contribution in [0.1, 0.15) is 19.3 Å². The van der Waals surface area contributed by atoms with Crippen molar-refractivity contribution in [2.24, 2.45) is 0 Å². The Kier molecular flexibility index (Phi) is 4.06. The summed E-state index contributed by atoms with van der Waals surface area (Å²) in [7, 11) is 1.77. The van der Waals surface area contributed by atoms with Crippen molar-refractivity contribution < 1.29 is 4.74 Å². The van der Waals surface area contributed by atoms with E-state index in [0.717, 1.165) is 12.8 Å². The summed E-state index contributed by atoms with van der Waals surface area (Å²) < 4.78 is 5.25. The second-order valence-electron chi connectivity index (χ2n) is 3.27. The smallest absolute Gasteiger partial charge is 0.0586 e. The Morgan fingerprint density at radius 2 is 2.42 bits per heavy atom. The molecule has 0 aromatic carbocycles. The van der Waals surface area contributed by atoms with Crippen molar-refractivity contribution in [2.75, 3.05) is 13.7 Å². The molecule has 1 N–H and O–H groups in total. The van der Waals surface area contributed by atoms with Crippen LogP contribution in [-0.4, -0.2) is 25.8 Å². The van der Waals surface area contributed by atoms with E-state index in [1.165, 1.54) is 6.42 Å². The molecule has 70 valence electrons. The molecule has 0 aromatic heterocycles. The highest BCUT2D eigenvalue weighted by Gasteiger charge is 2.23. The lowest BCUT2D eigenvalue weighted by Crippen LogP contribution is -2.28. The van der Waals surface area contributed by atoms with Gasteiger partial charge in [-0.1, -0.05) is 18.2 Å². The zero-order valence-electron chi connectivity index (χ0n) is 7.48. The summed E-state index contributed by atoms with van der Waals surface area (Å²) in [5, 5.41) is 4.01. The second kappa shape index (κ2) is 4.85. The van der Waals surface area contributed by atoms with Crippen LogP contribution in [0.4, 0.5) is 0 Å². The SMILES string of the molecule is C=C(Cl)CNC1CCC(OC)C1. The van der Waals surface area contributed by atoms with Gasteiger partial charge in [0.15, 0.2) is 0 Å². The van der Waals surface area contributed by atoms with Gasteiger partial charge in [0.1, 0.15) is 0 Å². The highest BCUT2D eigenvalue weighted by Crippen LogP contribution is 2.21. The summed E-state index contributed by atoms with van der Waals surface area (Å²) in [4.78, 5) is 0. The van der Waals surface area contributed by atoms with Gasteiger partial charge in [0.25, 0.3) is 0 Å². The van der Waals surface area contributed by atoms with Crippen LogP contribution < -0.4 is 5.32 Å². The van der Waals surface area contributed by atoms with E-state index in [1.807, 2.05) is 0 Å². The van der Waals surface area contributed by atoms with Gasteiger partial charge in [-0.05, 0) is 19.3 Å². The highest BCUT2D eigenvalue weighted by atomic mass is 35.5. The maximum Gasteiger partial charge on any atom is 0.0586 e. The molecule has 1 rings (SSSR count). The summed E-state index contributed by atoms with van der Waals surface area (Å²) in [6, 6.07) is 0.561. The summed E-state index contributed by atoms with van der Waals surface area (Å²) in [6.45, 7) is 4.34. The first kappa shape index (κ1) is 10.0. The summed E-state index contributed by atoms with van der Waals surface area (Å²) >= 11 is 5.64. The van der Waals surface area contributed by atoms with Crippen LogP contribution in [0.2, 0.25) is 0 Å². The Bertz CT molecular complexity index is 161. The van der Waals surface area contributed by atoms with E-state index in [2.05, 4.69) is 11.9 Å². The van der Waals surface area contributed by atoms with E-state index in [9.17, 15) is 0 Å². The summed E-state index contributed by atoms with van der Waals surface area (Å²) in [6.07, 6.45) is 3.87. The lowest BCUT2D eigenvalue weighted by atomic mass is 10.2. The van der Waals surface area contributed by atoms with Crippen LogP contribution >= 0.6 is 11.6 Å². The first-order valence-corrected chi connectivity index (χ1v) is 4.69. The molecule has 0 spiro atoms. The molecule has 1 saturated carbocycles. The number of hydrogen-bond acceptors (Lipinski definition) is 2. The molecular formula is C9H16ClNO. The molecule has 1 aliphatic rings. The molecule has 2 atom stereocenters. The van der Waals surface area contributed by atoms with Crippen molar-refractivity contribution in [1.82, 2.24) is 5.32 Å². The predicted molar refractivity (Wildman–Crippen MR) is 51.4 cm³/mol. The van der Waals surface area contributed by atoms with E-state index in [1.54, 1.807) is 7.11 Å². The first-order valence-electron chi connectivity index (χ1n) is 4.32. The van der Waals surface area contributed by atoms with Gasteiger partial charge in [-0.2, -0.15) is 0 Å². The van der Waals surface area contributed by atoms with Crippen LogP contribution in [0.15, 0.2) is 11.6 Å². The fourth-order valence-corrected chi connectivity index (χ4v) is 1.67. The molecule has 0 heterocycles. The van der Waals surface area contributed by atoms with Crippen molar-refractivity contribution in [2.45, 2.75) is 31.4 Å². The lowest BCUT2D eigenvalue weighted by molar-refractivity contribution is 0.107. The molecule has 1 fully saturated rings. The number of hydrogen-bond donors (Lipinski definition) is 1. The van der Waals surface area contributed by atoms with Crippen LogP contribution in [0, 0.1) is 0 Å². The van der Waals surface area contributed by atoms with Crippen molar-refractivity contribution in [3.63, 3.8) is 0 Å². The van der Waals surface area contributed by atoms with Crippen LogP contribution in [0.3, 0.4) is 0 Å². The van der Waals surface area contributed by atoms with E-state index >= 15 is 0 Å². The third kappa shape index (κ3) is 3.13. The van der Waals surface area contributed by atoms with Gasteiger partial charge >= 0.3 is 0 Å². The van der Waals surface area contributed by atoms with Crippen LogP contribution in [-0.2, 0) is 4.74 Å². The van der Waals surface area contributed by atoms with Gasteiger partial charge in [0, 0.05) is 24.7 Å². The molecule has 0 radical (unpaired) electrons. The zero-order valence-corrected chi connectivity index (χ0v) is 8.23. The van der Waals surface area contributed by atoms with Crippen molar-refractivity contribution in [1.29, 1.82) is 0 Å². The van der Waals surface area contributed by atoms with Gasteiger partial charge in [0.2, 0.25) is 0 Å². The first-order chi connectivity index (χ1) is 5.72. The molecule has 12 heavy (non-hydrogen) atoms. The topological polar surface area (TPSA) is 21.3 Å². The van der Waals surface area contributed by atoms with Crippen LogP contribution in [0.5, 0.6) is 0 Å². The molecule has 0 aliphatic heterocycles. The summed E-state index contributed by atoms with van der Waals surface area (Å²) in [5.74, 6) is 0. The molecule has 0 aromatic rings. The normalized spacial score (nSPS) is 29.2. The predicted octanol–water partition coefficient (Wildman–Crippen LogP) is 1.90. The average molecular weight is 190 g/mol. The Morgan fingerprint density at radius 3 is 2.92 bits per heavy atom. The Labute approximate surface area is 78.9 Å². The molecule has 3 heteroatoms. The third-order valence-corrected chi connectivity index (χ3v) is 2.43. The van der Waals surface area contributed by atoms with E-state index in [4.69, 9.17) is 16.3 Å². The highest BCUT2D eigenvalue weighted by molar-refractivity contribution is 6.29. The minimum atomic E-state index is 0.436. The maximum absolute atomic E-state index is 5.64. The Morgan fingerprint density at radius 1 is 1.67 bits per heavy atom. The number of rotatable bonds is 4. The van der Waals surface area contributed by atoms with Crippen LogP contribution in [0.25, 0.3) is 0 Å². The molecule has 0 amide bonds. The average Bonchev–Trinajstić information content (AvgIpc) is 2.48. The third-order valence-electron chi connectivity index (χ3n) is 2.30. The van der Waals surface area contributed by atoms with Gasteiger partial charge in [-0.3, -0.25) is 0 Å². The second-order valence-corrected chi connectivity index (χ2v) is 3.80. The molecule has 2 unspecified atom stereocenters. The number of methoxy groups -OCH3 is 1. The largest absolute Gasteiger partial charge is 0.381 e. The molecule has 0 saturated heterocycles. The van der Waals surface area contributed by atoms with Crippen molar-refractivity contribution in [3.05, 3.63) is 11.6 Å². The molecule has 1 aliphatic carbocycles. The zero-order chi connectivity index (χ0) is 8.97. The number of halogens is 1. The monoisotopic (exact) mass is 189 g/mol. The fourth-order valence-electron chi connectivity index (χ4n) is 1.59. The van der Waals surface area contributed by atoms with Gasteiger partial charge < -0.3 is 10.1 Å². The lowest BCUT2D eigenvalue weighted by Gasteiger charge is -2.11. The fraction of sp³-hybridized carbons (Fsp3) is 0.778. The van der Waals surface area contributed by atoms with Crippen molar-refractivity contribution >= 4 is 11.6 Å². The van der Waals surface area contributed by atoms with Gasteiger partial charge in [-0.15, -0.1) is 0 Å². The van der Waals surface area contributed by atoms with Gasteiger partial charge in [-0.25, -0.2) is 0 Å². The van der Waals surface area contributed by atoms with Crippen molar-refractivity contribution in [3.8, 4) is 0 Å². The Balaban J connectivity index is 2.15. The molecule has 0 bridgehead atoms. The maximum atomic E-state index is 5.64. The van der Waals surface area contributed by atoms with E-state index < -0.39 is 0 Å². The van der Waals surface area contributed by atoms with E-state index in [-0.39, 0.29) is 0 Å². The molecule has 2 nitrogen and oxygen atoms in total. The minimum absolute atomic E-state index is 0.436.